The van der Waals surface area contributed by atoms with Crippen molar-refractivity contribution in [3.8, 4) is 11.3 Å². The van der Waals surface area contributed by atoms with E-state index in [1.165, 1.54) is 0 Å². The third-order valence-corrected chi connectivity index (χ3v) is 4.26. The fraction of sp³-hybridized carbons (Fsp3) is 0.182. The molecule has 0 aliphatic heterocycles. The highest BCUT2D eigenvalue weighted by atomic mass is 16.3. The van der Waals surface area contributed by atoms with Crippen molar-refractivity contribution < 1.29 is 14.0 Å². The van der Waals surface area contributed by atoms with Gasteiger partial charge in [-0.25, -0.2) is 0 Å². The van der Waals surface area contributed by atoms with Crippen LogP contribution in [0.25, 0.3) is 11.3 Å². The van der Waals surface area contributed by atoms with Gasteiger partial charge in [-0.05, 0) is 37.6 Å². The van der Waals surface area contributed by atoms with Crippen LogP contribution in [-0.2, 0) is 11.2 Å². The monoisotopic (exact) mass is 362 g/mol. The lowest BCUT2D eigenvalue weighted by Crippen LogP contribution is -2.41. The predicted octanol–water partition coefficient (Wildman–Crippen LogP) is 3.96. The van der Waals surface area contributed by atoms with Crippen LogP contribution in [0.4, 0.5) is 0 Å². The zero-order valence-electron chi connectivity index (χ0n) is 15.4. The van der Waals surface area contributed by atoms with Crippen molar-refractivity contribution in [2.45, 2.75) is 26.7 Å². The smallest absolute Gasteiger partial charge is 0.269 e. The Morgan fingerprint density at radius 2 is 1.70 bits per heavy atom. The molecule has 27 heavy (non-hydrogen) atoms. The van der Waals surface area contributed by atoms with Gasteiger partial charge in [0.1, 0.15) is 11.5 Å². The first-order chi connectivity index (χ1) is 13.0. The Balaban J connectivity index is 1.49. The molecule has 2 amide bonds. The first-order valence-electron chi connectivity index (χ1n) is 8.83. The van der Waals surface area contributed by atoms with Crippen molar-refractivity contribution in [3.05, 3.63) is 83.1 Å². The summed E-state index contributed by atoms with van der Waals surface area (Å²) in [7, 11) is 0. The van der Waals surface area contributed by atoms with E-state index in [1.807, 2.05) is 68.4 Å². The minimum Gasteiger partial charge on any atom is -0.461 e. The number of benzene rings is 2. The molecule has 3 rings (SSSR count). The van der Waals surface area contributed by atoms with Gasteiger partial charge in [-0.1, -0.05) is 48.0 Å². The number of hydrogen-bond acceptors (Lipinski definition) is 3. The number of hydrogen-bond donors (Lipinski definition) is 2. The molecule has 0 spiro atoms. The van der Waals surface area contributed by atoms with E-state index >= 15 is 0 Å². The Hall–Kier alpha value is -3.34. The molecule has 0 saturated carbocycles. The average molecular weight is 362 g/mol. The molecule has 1 heterocycles. The second-order valence-corrected chi connectivity index (χ2v) is 6.45. The average Bonchev–Trinajstić information content (AvgIpc) is 3.14. The van der Waals surface area contributed by atoms with Crippen LogP contribution in [0, 0.1) is 13.8 Å². The lowest BCUT2D eigenvalue weighted by atomic mass is 10.1. The molecular formula is C22H22N2O3. The van der Waals surface area contributed by atoms with Crippen LogP contribution >= 0.6 is 0 Å². The Morgan fingerprint density at radius 3 is 2.44 bits per heavy atom. The molecule has 0 atom stereocenters. The highest BCUT2D eigenvalue weighted by Crippen LogP contribution is 2.22. The van der Waals surface area contributed by atoms with Crippen LogP contribution in [0.3, 0.4) is 0 Å². The minimum absolute atomic E-state index is 0.217. The summed E-state index contributed by atoms with van der Waals surface area (Å²) in [5, 5.41) is 0. The lowest BCUT2D eigenvalue weighted by Gasteiger charge is -2.09. The first-order valence-corrected chi connectivity index (χ1v) is 8.83. The molecule has 2 aromatic carbocycles. The third-order valence-electron chi connectivity index (χ3n) is 4.26. The number of carbonyl (C=O) groups is 2. The SMILES string of the molecule is Cc1ccc(C(=O)NNC(=O)CCc2ccc(-c3ccccc3)o2)c(C)c1. The van der Waals surface area contributed by atoms with E-state index in [9.17, 15) is 9.59 Å². The number of nitrogens with one attached hydrogen (secondary N) is 2. The van der Waals surface area contributed by atoms with Crippen molar-refractivity contribution in [2.75, 3.05) is 0 Å². The number of hydrazine groups is 1. The van der Waals surface area contributed by atoms with Gasteiger partial charge in [-0.15, -0.1) is 0 Å². The van der Waals surface area contributed by atoms with Gasteiger partial charge in [-0.2, -0.15) is 0 Å². The maximum absolute atomic E-state index is 12.2. The van der Waals surface area contributed by atoms with Crippen LogP contribution in [-0.4, -0.2) is 11.8 Å². The fourth-order valence-electron chi connectivity index (χ4n) is 2.83. The van der Waals surface area contributed by atoms with Crippen molar-refractivity contribution in [1.82, 2.24) is 10.9 Å². The normalized spacial score (nSPS) is 10.4. The van der Waals surface area contributed by atoms with Crippen LogP contribution in [0.15, 0.2) is 65.1 Å². The van der Waals surface area contributed by atoms with Crippen LogP contribution in [0.2, 0.25) is 0 Å². The molecule has 0 aliphatic carbocycles. The molecule has 0 aliphatic rings. The maximum Gasteiger partial charge on any atom is 0.269 e. The Bertz CT molecular complexity index is 945. The van der Waals surface area contributed by atoms with Crippen LogP contribution < -0.4 is 10.9 Å². The Morgan fingerprint density at radius 1 is 0.926 bits per heavy atom. The second-order valence-electron chi connectivity index (χ2n) is 6.45. The summed E-state index contributed by atoms with van der Waals surface area (Å²) in [5.41, 5.74) is 8.40. The molecule has 5 heteroatoms. The third kappa shape index (κ3) is 4.85. The van der Waals surface area contributed by atoms with Gasteiger partial charge in [0.2, 0.25) is 5.91 Å². The van der Waals surface area contributed by atoms with Crippen LogP contribution in [0.5, 0.6) is 0 Å². The summed E-state index contributed by atoms with van der Waals surface area (Å²) < 4.78 is 5.77. The van der Waals surface area contributed by atoms with E-state index in [4.69, 9.17) is 4.42 Å². The molecule has 0 unspecified atom stereocenters. The maximum atomic E-state index is 12.2. The summed E-state index contributed by atoms with van der Waals surface area (Å²) in [4.78, 5) is 24.2. The van der Waals surface area contributed by atoms with Gasteiger partial charge >= 0.3 is 0 Å². The Kier molecular flexibility index (Phi) is 5.71. The van der Waals surface area contributed by atoms with E-state index < -0.39 is 0 Å². The summed E-state index contributed by atoms with van der Waals surface area (Å²) in [6, 6.07) is 19.1. The number of amides is 2. The number of furan rings is 1. The molecule has 0 fully saturated rings. The summed E-state index contributed by atoms with van der Waals surface area (Å²) in [6.07, 6.45) is 0.674. The van der Waals surface area contributed by atoms with Gasteiger partial charge < -0.3 is 4.42 Å². The summed E-state index contributed by atoms with van der Waals surface area (Å²) >= 11 is 0. The first kappa shape index (κ1) is 18.5. The molecular weight excluding hydrogens is 340 g/mol. The standard InChI is InChI=1S/C22H22N2O3/c1-15-8-11-19(16(2)14-15)22(26)24-23-21(25)13-10-18-9-12-20(27-18)17-6-4-3-5-7-17/h3-9,11-12,14H,10,13H2,1-2H3,(H,23,25)(H,24,26). The number of aryl methyl sites for hydroxylation is 3. The highest BCUT2D eigenvalue weighted by molar-refractivity contribution is 5.96. The number of rotatable bonds is 5. The van der Waals surface area contributed by atoms with Crippen LogP contribution in [0.1, 0.15) is 33.7 Å². The summed E-state index contributed by atoms with van der Waals surface area (Å²) in [6.45, 7) is 3.83. The molecule has 1 aromatic heterocycles. The molecule has 138 valence electrons. The van der Waals surface area contributed by atoms with E-state index in [-0.39, 0.29) is 18.2 Å². The number of carbonyl (C=O) groups excluding carboxylic acids is 2. The fourth-order valence-corrected chi connectivity index (χ4v) is 2.83. The summed E-state index contributed by atoms with van der Waals surface area (Å²) in [5.74, 6) is 0.898. The zero-order valence-corrected chi connectivity index (χ0v) is 15.4. The highest BCUT2D eigenvalue weighted by Gasteiger charge is 2.11. The molecule has 0 bridgehead atoms. The van der Waals surface area contributed by atoms with Crippen molar-refractivity contribution in [1.29, 1.82) is 0 Å². The van der Waals surface area contributed by atoms with Crippen molar-refractivity contribution >= 4 is 11.8 Å². The molecule has 0 saturated heterocycles. The second kappa shape index (κ2) is 8.36. The van der Waals surface area contributed by atoms with Gasteiger partial charge in [0, 0.05) is 24.0 Å². The molecule has 0 radical (unpaired) electrons. The molecule has 5 nitrogen and oxygen atoms in total. The largest absolute Gasteiger partial charge is 0.461 e. The minimum atomic E-state index is -0.329. The molecule has 2 N–H and O–H groups in total. The van der Waals surface area contributed by atoms with Gasteiger partial charge in [0.25, 0.3) is 5.91 Å². The van der Waals surface area contributed by atoms with Gasteiger partial charge in [0.15, 0.2) is 0 Å². The van der Waals surface area contributed by atoms with E-state index in [0.717, 1.165) is 28.2 Å². The van der Waals surface area contributed by atoms with E-state index in [0.29, 0.717) is 12.0 Å². The Labute approximate surface area is 158 Å². The topological polar surface area (TPSA) is 71.3 Å². The van der Waals surface area contributed by atoms with E-state index in [2.05, 4.69) is 10.9 Å². The van der Waals surface area contributed by atoms with Crippen molar-refractivity contribution in [2.24, 2.45) is 0 Å². The zero-order chi connectivity index (χ0) is 19.2. The lowest BCUT2D eigenvalue weighted by molar-refractivity contribution is -0.121. The van der Waals surface area contributed by atoms with Gasteiger partial charge in [-0.3, -0.25) is 20.4 Å². The predicted molar refractivity (Wildman–Crippen MR) is 104 cm³/mol. The quantitative estimate of drug-likeness (QED) is 0.675. The molecule has 3 aromatic rings. The van der Waals surface area contributed by atoms with E-state index in [1.54, 1.807) is 6.07 Å². The van der Waals surface area contributed by atoms with Gasteiger partial charge in [0.05, 0.1) is 0 Å². The van der Waals surface area contributed by atoms with Crippen molar-refractivity contribution in [3.63, 3.8) is 0 Å².